The number of benzene rings is 2. The Morgan fingerprint density at radius 2 is 1.89 bits per heavy atom. The highest BCUT2D eigenvalue weighted by atomic mass is 32.1. The standard InChI is InChI=1S/C23H21NO3S/c1-2-15-11-18-17(12-22(26)27-20(18)13-19(15)25)14-24-23(21-9-6-10-28-21)16-7-4-3-5-8-16/h3-13,23-25H,2,14H2,1H3/t23-/m0/s1. The minimum Gasteiger partial charge on any atom is -0.508 e. The Kier molecular flexibility index (Phi) is 5.28. The van der Waals surface area contributed by atoms with Crippen LogP contribution < -0.4 is 10.9 Å². The Labute approximate surface area is 167 Å². The van der Waals surface area contributed by atoms with Crippen LogP contribution in [0, 0.1) is 0 Å². The SMILES string of the molecule is CCc1cc2c(CN[C@@H](c3ccccc3)c3cccs3)cc(=O)oc2cc1O. The number of thiophene rings is 1. The van der Waals surface area contributed by atoms with Gasteiger partial charge in [-0.1, -0.05) is 43.3 Å². The van der Waals surface area contributed by atoms with E-state index in [2.05, 4.69) is 28.9 Å². The third-order valence-electron chi connectivity index (χ3n) is 4.87. The van der Waals surface area contributed by atoms with Gasteiger partial charge < -0.3 is 14.8 Å². The summed E-state index contributed by atoms with van der Waals surface area (Å²) in [6.45, 7) is 2.49. The zero-order valence-electron chi connectivity index (χ0n) is 15.5. The molecule has 0 aliphatic carbocycles. The van der Waals surface area contributed by atoms with Crippen molar-refractivity contribution in [3.05, 3.63) is 98.0 Å². The minimum absolute atomic E-state index is 0.0336. The highest BCUT2D eigenvalue weighted by Crippen LogP contribution is 2.29. The van der Waals surface area contributed by atoms with Crippen molar-refractivity contribution in [3.63, 3.8) is 0 Å². The number of hydrogen-bond donors (Lipinski definition) is 2. The number of hydrogen-bond acceptors (Lipinski definition) is 5. The second-order valence-corrected chi connectivity index (χ2v) is 7.64. The van der Waals surface area contributed by atoms with Gasteiger partial charge in [-0.3, -0.25) is 0 Å². The molecular formula is C23H21NO3S. The molecule has 0 unspecified atom stereocenters. The van der Waals surface area contributed by atoms with Crippen LogP contribution in [0.5, 0.6) is 5.75 Å². The summed E-state index contributed by atoms with van der Waals surface area (Å²) in [4.78, 5) is 13.3. The zero-order valence-corrected chi connectivity index (χ0v) is 16.3. The van der Waals surface area contributed by atoms with Crippen LogP contribution in [0.25, 0.3) is 11.0 Å². The lowest BCUT2D eigenvalue weighted by Gasteiger charge is -2.19. The molecule has 0 spiro atoms. The maximum atomic E-state index is 12.0. The van der Waals surface area contributed by atoms with E-state index in [0.29, 0.717) is 18.5 Å². The topological polar surface area (TPSA) is 62.5 Å². The van der Waals surface area contributed by atoms with E-state index in [4.69, 9.17) is 4.42 Å². The van der Waals surface area contributed by atoms with Gasteiger partial charge in [0.2, 0.25) is 0 Å². The predicted molar refractivity (Wildman–Crippen MR) is 113 cm³/mol. The maximum Gasteiger partial charge on any atom is 0.336 e. The predicted octanol–water partition coefficient (Wildman–Crippen LogP) is 5.00. The molecule has 4 nitrogen and oxygen atoms in total. The fourth-order valence-corrected chi connectivity index (χ4v) is 4.26. The normalized spacial score (nSPS) is 12.3. The summed E-state index contributed by atoms with van der Waals surface area (Å²) in [7, 11) is 0. The Balaban J connectivity index is 1.71. The average molecular weight is 391 g/mol. The number of aryl methyl sites for hydroxylation is 1. The van der Waals surface area contributed by atoms with Crippen LogP contribution in [0.3, 0.4) is 0 Å². The lowest BCUT2D eigenvalue weighted by Crippen LogP contribution is -2.22. The monoisotopic (exact) mass is 391 g/mol. The molecule has 0 aliphatic rings. The lowest BCUT2D eigenvalue weighted by molar-refractivity contribution is 0.466. The highest BCUT2D eigenvalue weighted by molar-refractivity contribution is 7.10. The zero-order chi connectivity index (χ0) is 19.5. The molecule has 0 aliphatic heterocycles. The highest BCUT2D eigenvalue weighted by Gasteiger charge is 2.16. The van der Waals surface area contributed by atoms with Gasteiger partial charge in [0.15, 0.2) is 0 Å². The summed E-state index contributed by atoms with van der Waals surface area (Å²) < 4.78 is 5.31. The van der Waals surface area contributed by atoms with Gasteiger partial charge in [0.1, 0.15) is 11.3 Å². The van der Waals surface area contributed by atoms with E-state index in [0.717, 1.165) is 16.5 Å². The van der Waals surface area contributed by atoms with Crippen molar-refractivity contribution in [2.75, 3.05) is 0 Å². The van der Waals surface area contributed by atoms with E-state index in [1.165, 1.54) is 22.6 Å². The van der Waals surface area contributed by atoms with Crippen LogP contribution in [0.2, 0.25) is 0 Å². The molecule has 28 heavy (non-hydrogen) atoms. The Hall–Kier alpha value is -2.89. The molecule has 0 bridgehead atoms. The van der Waals surface area contributed by atoms with Crippen LogP contribution in [-0.4, -0.2) is 5.11 Å². The fraction of sp³-hybridized carbons (Fsp3) is 0.174. The first kappa shape index (κ1) is 18.5. The molecule has 2 aromatic carbocycles. The van der Waals surface area contributed by atoms with Crippen molar-refractivity contribution in [2.24, 2.45) is 0 Å². The van der Waals surface area contributed by atoms with Gasteiger partial charge in [0.05, 0.1) is 6.04 Å². The Morgan fingerprint density at radius 1 is 1.07 bits per heavy atom. The summed E-state index contributed by atoms with van der Waals surface area (Å²) in [6, 6.07) is 19.4. The Morgan fingerprint density at radius 3 is 2.61 bits per heavy atom. The first-order valence-corrected chi connectivity index (χ1v) is 10.1. The molecule has 0 amide bonds. The van der Waals surface area contributed by atoms with Crippen LogP contribution >= 0.6 is 11.3 Å². The molecular weight excluding hydrogens is 370 g/mol. The van der Waals surface area contributed by atoms with Crippen LogP contribution in [0.4, 0.5) is 0 Å². The number of aromatic hydroxyl groups is 1. The largest absolute Gasteiger partial charge is 0.508 e. The summed E-state index contributed by atoms with van der Waals surface area (Å²) in [5.74, 6) is 0.156. The first-order valence-electron chi connectivity index (χ1n) is 9.26. The molecule has 2 heterocycles. The second kappa shape index (κ2) is 8.00. The van der Waals surface area contributed by atoms with E-state index in [1.54, 1.807) is 11.3 Å². The minimum atomic E-state index is -0.416. The summed E-state index contributed by atoms with van der Waals surface area (Å²) in [5.41, 5.74) is 2.86. The van der Waals surface area contributed by atoms with Crippen LogP contribution in [0.1, 0.15) is 34.5 Å². The molecule has 1 atom stereocenters. The van der Waals surface area contributed by atoms with E-state index in [-0.39, 0.29) is 11.8 Å². The maximum absolute atomic E-state index is 12.0. The number of phenolic OH excluding ortho intramolecular Hbond substituents is 1. The van der Waals surface area contributed by atoms with Crippen molar-refractivity contribution in [1.29, 1.82) is 0 Å². The van der Waals surface area contributed by atoms with Crippen molar-refractivity contribution >= 4 is 22.3 Å². The molecule has 2 N–H and O–H groups in total. The first-order chi connectivity index (χ1) is 13.7. The smallest absolute Gasteiger partial charge is 0.336 e. The number of phenols is 1. The Bertz CT molecular complexity index is 1130. The van der Waals surface area contributed by atoms with Gasteiger partial charge in [-0.15, -0.1) is 11.3 Å². The number of nitrogens with one attached hydrogen (secondary N) is 1. The third-order valence-corrected chi connectivity index (χ3v) is 5.80. The number of fused-ring (bicyclic) bond motifs is 1. The summed E-state index contributed by atoms with van der Waals surface area (Å²) >= 11 is 1.70. The van der Waals surface area contributed by atoms with Crippen molar-refractivity contribution in [3.8, 4) is 5.75 Å². The molecule has 4 aromatic rings. The molecule has 0 saturated carbocycles. The molecule has 0 saturated heterocycles. The van der Waals surface area contributed by atoms with Gasteiger partial charge in [-0.2, -0.15) is 0 Å². The van der Waals surface area contributed by atoms with E-state index < -0.39 is 5.63 Å². The molecule has 0 fully saturated rings. The van der Waals surface area contributed by atoms with Gasteiger partial charge in [-0.05, 0) is 40.6 Å². The molecule has 2 aromatic heterocycles. The second-order valence-electron chi connectivity index (χ2n) is 6.66. The lowest BCUT2D eigenvalue weighted by atomic mass is 10.0. The third kappa shape index (κ3) is 3.72. The molecule has 142 valence electrons. The van der Waals surface area contributed by atoms with Crippen LogP contribution in [0.15, 0.2) is 75.3 Å². The van der Waals surface area contributed by atoms with Crippen LogP contribution in [-0.2, 0) is 13.0 Å². The molecule has 5 heteroatoms. The number of rotatable bonds is 6. The summed E-state index contributed by atoms with van der Waals surface area (Å²) in [6.07, 6.45) is 0.704. The average Bonchev–Trinajstić information content (AvgIpc) is 3.23. The van der Waals surface area contributed by atoms with Gasteiger partial charge in [-0.25, -0.2) is 4.79 Å². The summed E-state index contributed by atoms with van der Waals surface area (Å²) in [5, 5.41) is 16.6. The molecule has 0 radical (unpaired) electrons. The van der Waals surface area contributed by atoms with Crippen molar-refractivity contribution in [1.82, 2.24) is 5.32 Å². The van der Waals surface area contributed by atoms with Gasteiger partial charge in [0, 0.05) is 28.9 Å². The molecule has 4 rings (SSSR count). The van der Waals surface area contributed by atoms with E-state index in [9.17, 15) is 9.90 Å². The van der Waals surface area contributed by atoms with Crippen molar-refractivity contribution < 1.29 is 9.52 Å². The van der Waals surface area contributed by atoms with Gasteiger partial charge in [0.25, 0.3) is 0 Å². The fourth-order valence-electron chi connectivity index (χ4n) is 3.43. The quantitative estimate of drug-likeness (QED) is 0.454. The van der Waals surface area contributed by atoms with Crippen molar-refractivity contribution in [2.45, 2.75) is 25.9 Å². The van der Waals surface area contributed by atoms with Gasteiger partial charge >= 0.3 is 5.63 Å². The van der Waals surface area contributed by atoms with E-state index >= 15 is 0 Å². The van der Waals surface area contributed by atoms with E-state index in [1.807, 2.05) is 37.3 Å².